The molecule has 110 valence electrons. The molecular weight excluding hydrogens is 336 g/mol. The number of nitrogens with one attached hydrogen (secondary N) is 2. The number of aromatic amines is 1. The Bertz CT molecular complexity index is 693. The molecule has 0 saturated carbocycles. The molecule has 1 heterocycles. The van der Waals surface area contributed by atoms with E-state index >= 15 is 0 Å². The summed E-state index contributed by atoms with van der Waals surface area (Å²) in [6.45, 7) is 5.37. The monoisotopic (exact) mass is 350 g/mol. The second-order valence-electron chi connectivity index (χ2n) is 4.47. The summed E-state index contributed by atoms with van der Waals surface area (Å²) in [6, 6.07) is 5.56. The van der Waals surface area contributed by atoms with E-state index in [0.29, 0.717) is 12.1 Å². The Hall–Kier alpha value is -2.08. The molecule has 0 radical (unpaired) electrons. The highest BCUT2D eigenvalue weighted by atomic mass is 79.9. The van der Waals surface area contributed by atoms with Gasteiger partial charge in [0.25, 0.3) is 5.91 Å². The van der Waals surface area contributed by atoms with Crippen LogP contribution < -0.4 is 5.32 Å². The van der Waals surface area contributed by atoms with Crippen molar-refractivity contribution in [3.05, 3.63) is 47.1 Å². The van der Waals surface area contributed by atoms with Crippen molar-refractivity contribution in [2.24, 2.45) is 0 Å². The van der Waals surface area contributed by atoms with Crippen LogP contribution in [-0.4, -0.2) is 29.5 Å². The number of aromatic nitrogens is 1. The Kier molecular flexibility index (Phi) is 4.80. The molecule has 2 rings (SSSR count). The number of benzene rings is 1. The van der Waals surface area contributed by atoms with E-state index in [-0.39, 0.29) is 5.91 Å². The topological polar surface area (TPSA) is 71.2 Å². The maximum atomic E-state index is 12.2. The zero-order valence-electron chi connectivity index (χ0n) is 11.5. The summed E-state index contributed by atoms with van der Waals surface area (Å²) >= 11 is 3.36. The molecule has 0 bridgehead atoms. The lowest BCUT2D eigenvalue weighted by molar-refractivity contribution is -0.128. The van der Waals surface area contributed by atoms with Gasteiger partial charge in [0.1, 0.15) is 0 Å². The van der Waals surface area contributed by atoms with Crippen LogP contribution in [-0.2, 0) is 9.53 Å². The van der Waals surface area contributed by atoms with Crippen molar-refractivity contribution >= 4 is 38.7 Å². The number of carbonyl (C=O) groups is 2. The molecule has 21 heavy (non-hydrogen) atoms. The van der Waals surface area contributed by atoms with Crippen LogP contribution in [0.5, 0.6) is 0 Å². The standard InChI is InChI=1S/C15H15BrN2O3/c1-3-6-17-14(19)9(2)21-15(20)12-8-18-13-5-4-10(16)7-11(12)13/h3-5,7-9,18H,1,6H2,2H3,(H,17,19). The summed E-state index contributed by atoms with van der Waals surface area (Å²) in [6.07, 6.45) is 2.27. The highest BCUT2D eigenvalue weighted by molar-refractivity contribution is 9.10. The van der Waals surface area contributed by atoms with Crippen LogP contribution in [0.3, 0.4) is 0 Å². The molecule has 0 fully saturated rings. The molecule has 1 amide bonds. The largest absolute Gasteiger partial charge is 0.449 e. The third kappa shape index (κ3) is 3.52. The lowest BCUT2D eigenvalue weighted by atomic mass is 10.2. The van der Waals surface area contributed by atoms with Gasteiger partial charge in [0.2, 0.25) is 0 Å². The maximum absolute atomic E-state index is 12.2. The minimum Gasteiger partial charge on any atom is -0.449 e. The van der Waals surface area contributed by atoms with Gasteiger partial charge in [-0.15, -0.1) is 6.58 Å². The van der Waals surface area contributed by atoms with Gasteiger partial charge in [-0.2, -0.15) is 0 Å². The van der Waals surface area contributed by atoms with E-state index in [0.717, 1.165) is 15.4 Å². The molecule has 2 N–H and O–H groups in total. The van der Waals surface area contributed by atoms with Crippen LogP contribution in [0.1, 0.15) is 17.3 Å². The number of carbonyl (C=O) groups excluding carboxylic acids is 2. The molecule has 1 aromatic heterocycles. The van der Waals surface area contributed by atoms with Gasteiger partial charge in [0, 0.05) is 28.1 Å². The van der Waals surface area contributed by atoms with E-state index in [4.69, 9.17) is 4.74 Å². The van der Waals surface area contributed by atoms with E-state index in [2.05, 4.69) is 32.8 Å². The maximum Gasteiger partial charge on any atom is 0.341 e. The Labute approximate surface area is 130 Å². The summed E-state index contributed by atoms with van der Waals surface area (Å²) in [5, 5.41) is 3.32. The molecule has 0 aliphatic rings. The van der Waals surface area contributed by atoms with Gasteiger partial charge in [0.05, 0.1) is 5.56 Å². The number of ether oxygens (including phenoxy) is 1. The van der Waals surface area contributed by atoms with Crippen LogP contribution in [0.15, 0.2) is 41.5 Å². The Morgan fingerprint density at radius 2 is 2.29 bits per heavy atom. The summed E-state index contributed by atoms with van der Waals surface area (Å²) in [5.41, 5.74) is 1.23. The van der Waals surface area contributed by atoms with E-state index in [1.807, 2.05) is 18.2 Å². The fraction of sp³-hybridized carbons (Fsp3) is 0.200. The van der Waals surface area contributed by atoms with Crippen molar-refractivity contribution in [1.29, 1.82) is 0 Å². The predicted octanol–water partition coefficient (Wildman–Crippen LogP) is 2.78. The average Bonchev–Trinajstić information content (AvgIpc) is 2.87. The van der Waals surface area contributed by atoms with Crippen LogP contribution in [0.25, 0.3) is 10.9 Å². The van der Waals surface area contributed by atoms with E-state index < -0.39 is 12.1 Å². The summed E-state index contributed by atoms with van der Waals surface area (Å²) in [5.74, 6) is -0.898. The first-order valence-corrected chi connectivity index (χ1v) is 7.18. The first kappa shape index (κ1) is 15.3. The fourth-order valence-electron chi connectivity index (χ4n) is 1.86. The second kappa shape index (κ2) is 6.58. The number of esters is 1. The summed E-state index contributed by atoms with van der Waals surface area (Å²) in [7, 11) is 0. The molecular formula is C15H15BrN2O3. The van der Waals surface area contributed by atoms with Crippen LogP contribution in [0.2, 0.25) is 0 Å². The van der Waals surface area contributed by atoms with Crippen molar-refractivity contribution in [3.8, 4) is 0 Å². The number of hydrogen-bond donors (Lipinski definition) is 2. The normalized spacial score (nSPS) is 11.9. The minimum absolute atomic E-state index is 0.334. The van der Waals surface area contributed by atoms with Gasteiger partial charge >= 0.3 is 5.97 Å². The molecule has 0 aliphatic carbocycles. The number of halogens is 1. The highest BCUT2D eigenvalue weighted by Gasteiger charge is 2.20. The predicted molar refractivity (Wildman–Crippen MR) is 84.1 cm³/mol. The third-order valence-corrected chi connectivity index (χ3v) is 3.43. The second-order valence-corrected chi connectivity index (χ2v) is 5.39. The van der Waals surface area contributed by atoms with Crippen LogP contribution in [0, 0.1) is 0 Å². The zero-order chi connectivity index (χ0) is 15.4. The summed E-state index contributed by atoms with van der Waals surface area (Å²) in [4.78, 5) is 26.8. The Morgan fingerprint density at radius 3 is 3.00 bits per heavy atom. The minimum atomic E-state index is -0.866. The van der Waals surface area contributed by atoms with Gasteiger partial charge in [-0.25, -0.2) is 4.79 Å². The molecule has 6 heteroatoms. The van der Waals surface area contributed by atoms with Gasteiger partial charge in [-0.3, -0.25) is 4.79 Å². The molecule has 1 unspecified atom stereocenters. The molecule has 0 saturated heterocycles. The van der Waals surface area contributed by atoms with Crippen molar-refractivity contribution in [3.63, 3.8) is 0 Å². The molecule has 0 spiro atoms. The van der Waals surface area contributed by atoms with E-state index in [1.165, 1.54) is 6.92 Å². The number of amides is 1. The number of rotatable bonds is 5. The quantitative estimate of drug-likeness (QED) is 0.643. The van der Waals surface area contributed by atoms with Crippen LogP contribution >= 0.6 is 15.9 Å². The first-order chi connectivity index (χ1) is 10.0. The molecule has 2 aromatic rings. The molecule has 0 aliphatic heterocycles. The van der Waals surface area contributed by atoms with E-state index in [9.17, 15) is 9.59 Å². The van der Waals surface area contributed by atoms with Crippen LogP contribution in [0.4, 0.5) is 0 Å². The van der Waals surface area contributed by atoms with Gasteiger partial charge in [-0.1, -0.05) is 22.0 Å². The fourth-order valence-corrected chi connectivity index (χ4v) is 2.22. The third-order valence-electron chi connectivity index (χ3n) is 2.94. The average molecular weight is 351 g/mol. The molecule has 1 aromatic carbocycles. The van der Waals surface area contributed by atoms with Gasteiger partial charge in [0.15, 0.2) is 6.10 Å². The molecule has 5 nitrogen and oxygen atoms in total. The zero-order valence-corrected chi connectivity index (χ0v) is 13.1. The number of hydrogen-bond acceptors (Lipinski definition) is 3. The van der Waals surface area contributed by atoms with E-state index in [1.54, 1.807) is 12.3 Å². The number of H-pyrrole nitrogens is 1. The van der Waals surface area contributed by atoms with Crippen molar-refractivity contribution in [2.45, 2.75) is 13.0 Å². The number of fused-ring (bicyclic) bond motifs is 1. The smallest absolute Gasteiger partial charge is 0.341 e. The first-order valence-electron chi connectivity index (χ1n) is 6.39. The Balaban J connectivity index is 2.13. The van der Waals surface area contributed by atoms with Gasteiger partial charge in [-0.05, 0) is 25.1 Å². The van der Waals surface area contributed by atoms with Gasteiger partial charge < -0.3 is 15.0 Å². The molecule has 1 atom stereocenters. The SMILES string of the molecule is C=CCNC(=O)C(C)OC(=O)c1c[nH]c2ccc(Br)cc12. The Morgan fingerprint density at radius 1 is 1.52 bits per heavy atom. The lowest BCUT2D eigenvalue weighted by Gasteiger charge is -2.12. The van der Waals surface area contributed by atoms with Crippen molar-refractivity contribution < 1.29 is 14.3 Å². The van der Waals surface area contributed by atoms with Crippen molar-refractivity contribution in [1.82, 2.24) is 10.3 Å². The lowest BCUT2D eigenvalue weighted by Crippen LogP contribution is -2.35. The van der Waals surface area contributed by atoms with Crippen molar-refractivity contribution in [2.75, 3.05) is 6.54 Å². The summed E-state index contributed by atoms with van der Waals surface area (Å²) < 4.78 is 6.04. The highest BCUT2D eigenvalue weighted by Crippen LogP contribution is 2.23.